The van der Waals surface area contributed by atoms with E-state index in [9.17, 15) is 9.59 Å². The molecule has 0 unspecified atom stereocenters. The van der Waals surface area contributed by atoms with Crippen molar-refractivity contribution in [3.8, 4) is 0 Å². The predicted molar refractivity (Wildman–Crippen MR) is 67.6 cm³/mol. The molecule has 1 saturated carbocycles. The van der Waals surface area contributed by atoms with Crippen molar-refractivity contribution < 1.29 is 19.4 Å². The molecular weight excluding hydrogens is 232 g/mol. The molecule has 0 atom stereocenters. The second-order valence-electron chi connectivity index (χ2n) is 4.14. The van der Waals surface area contributed by atoms with E-state index in [0.29, 0.717) is 6.42 Å². The number of esters is 1. The van der Waals surface area contributed by atoms with Crippen molar-refractivity contribution in [2.45, 2.75) is 32.1 Å². The molecule has 18 heavy (non-hydrogen) atoms. The summed E-state index contributed by atoms with van der Waals surface area (Å²) in [6, 6.07) is 6.53. The van der Waals surface area contributed by atoms with Gasteiger partial charge in [-0.1, -0.05) is 31.4 Å². The summed E-state index contributed by atoms with van der Waals surface area (Å²) >= 11 is 0. The van der Waals surface area contributed by atoms with Gasteiger partial charge in [-0.15, -0.1) is 0 Å². The van der Waals surface area contributed by atoms with E-state index >= 15 is 0 Å². The number of methoxy groups -OCH3 is 1. The number of benzene rings is 1. The Balaban J connectivity index is 0.000000468. The monoisotopic (exact) mass is 250 g/mol. The summed E-state index contributed by atoms with van der Waals surface area (Å²) in [4.78, 5) is 21.5. The molecule has 0 saturated heterocycles. The van der Waals surface area contributed by atoms with E-state index in [0.717, 1.165) is 5.56 Å². The number of hydrogen-bond acceptors (Lipinski definition) is 3. The largest absolute Gasteiger partial charge is 0.478 e. The molecular formula is C14H18O4. The second kappa shape index (κ2) is 7.48. The molecule has 0 radical (unpaired) electrons. The normalized spacial score (nSPS) is 12.1. The van der Waals surface area contributed by atoms with Crippen molar-refractivity contribution in [2.24, 2.45) is 0 Å². The summed E-state index contributed by atoms with van der Waals surface area (Å²) in [5.41, 5.74) is 1.05. The van der Waals surface area contributed by atoms with Crippen LogP contribution in [0.2, 0.25) is 0 Å². The standard InChI is InChI=1S/C11H12O4.C3H6/c1-15-10(12)6-5-8-3-2-4-9(7-8)11(13)14;1-2-3-1/h2-4,7H,5-6H2,1H3,(H,13,14);1-3H2. The Morgan fingerprint density at radius 2 is 1.94 bits per heavy atom. The van der Waals surface area contributed by atoms with Gasteiger partial charge >= 0.3 is 11.9 Å². The Hall–Kier alpha value is -1.84. The van der Waals surface area contributed by atoms with Gasteiger partial charge in [-0.05, 0) is 24.1 Å². The van der Waals surface area contributed by atoms with Gasteiger partial charge < -0.3 is 9.84 Å². The SMILES string of the molecule is C1CC1.COC(=O)CCc1cccc(C(=O)O)c1. The predicted octanol–water partition coefficient (Wildman–Crippen LogP) is 2.66. The van der Waals surface area contributed by atoms with E-state index < -0.39 is 5.97 Å². The summed E-state index contributed by atoms with van der Waals surface area (Å²) in [5, 5.41) is 8.74. The Kier molecular flexibility index (Phi) is 5.91. The molecule has 1 aromatic carbocycles. The number of carboxylic acid groups (broad SMARTS) is 1. The highest BCUT2D eigenvalue weighted by molar-refractivity contribution is 5.87. The molecule has 2 rings (SSSR count). The van der Waals surface area contributed by atoms with Gasteiger partial charge in [0.15, 0.2) is 0 Å². The number of carboxylic acids is 1. The molecule has 4 nitrogen and oxygen atoms in total. The fraction of sp³-hybridized carbons (Fsp3) is 0.429. The van der Waals surface area contributed by atoms with Crippen LogP contribution in [0, 0.1) is 0 Å². The lowest BCUT2D eigenvalue weighted by Crippen LogP contribution is -2.03. The van der Waals surface area contributed by atoms with E-state index in [1.807, 2.05) is 0 Å². The zero-order valence-corrected chi connectivity index (χ0v) is 10.5. The molecule has 1 fully saturated rings. The van der Waals surface area contributed by atoms with E-state index in [-0.39, 0.29) is 18.0 Å². The van der Waals surface area contributed by atoms with E-state index in [2.05, 4.69) is 4.74 Å². The van der Waals surface area contributed by atoms with Crippen LogP contribution in [0.25, 0.3) is 0 Å². The quantitative estimate of drug-likeness (QED) is 0.834. The first-order valence-corrected chi connectivity index (χ1v) is 6.02. The van der Waals surface area contributed by atoms with Crippen molar-refractivity contribution in [1.82, 2.24) is 0 Å². The minimum Gasteiger partial charge on any atom is -0.478 e. The van der Waals surface area contributed by atoms with Crippen LogP contribution in [0.4, 0.5) is 0 Å². The molecule has 4 heteroatoms. The first-order chi connectivity index (χ1) is 8.63. The lowest BCUT2D eigenvalue weighted by atomic mass is 10.1. The Bertz CT molecular complexity index is 407. The fourth-order valence-electron chi connectivity index (χ4n) is 1.21. The minimum absolute atomic E-state index is 0.234. The van der Waals surface area contributed by atoms with Gasteiger partial charge in [0.2, 0.25) is 0 Å². The van der Waals surface area contributed by atoms with Crippen LogP contribution in [-0.4, -0.2) is 24.2 Å². The maximum absolute atomic E-state index is 10.9. The Morgan fingerprint density at radius 1 is 1.28 bits per heavy atom. The van der Waals surface area contributed by atoms with Crippen LogP contribution in [0.3, 0.4) is 0 Å². The molecule has 98 valence electrons. The van der Waals surface area contributed by atoms with E-state index in [4.69, 9.17) is 5.11 Å². The molecule has 0 amide bonds. The molecule has 1 aromatic rings. The van der Waals surface area contributed by atoms with Crippen LogP contribution >= 0.6 is 0 Å². The van der Waals surface area contributed by atoms with Gasteiger partial charge in [0.1, 0.15) is 0 Å². The fourth-order valence-corrected chi connectivity index (χ4v) is 1.21. The smallest absolute Gasteiger partial charge is 0.335 e. The van der Waals surface area contributed by atoms with Crippen LogP contribution in [0.1, 0.15) is 41.6 Å². The zero-order valence-electron chi connectivity index (χ0n) is 10.5. The first kappa shape index (κ1) is 14.2. The van der Waals surface area contributed by atoms with Gasteiger partial charge in [-0.25, -0.2) is 4.79 Å². The highest BCUT2D eigenvalue weighted by Gasteiger charge is 2.05. The minimum atomic E-state index is -0.963. The summed E-state index contributed by atoms with van der Waals surface area (Å²) < 4.78 is 4.49. The van der Waals surface area contributed by atoms with Crippen molar-refractivity contribution in [3.63, 3.8) is 0 Å². The van der Waals surface area contributed by atoms with Crippen molar-refractivity contribution in [2.75, 3.05) is 7.11 Å². The highest BCUT2D eigenvalue weighted by atomic mass is 16.5. The molecule has 0 aliphatic heterocycles. The van der Waals surface area contributed by atoms with Crippen LogP contribution < -0.4 is 0 Å². The van der Waals surface area contributed by atoms with E-state index in [1.165, 1.54) is 32.4 Å². The van der Waals surface area contributed by atoms with Crippen LogP contribution in [0.15, 0.2) is 24.3 Å². The summed E-state index contributed by atoms with van der Waals surface area (Å²) in [5.74, 6) is -1.26. The number of ether oxygens (including phenoxy) is 1. The van der Waals surface area contributed by atoms with Crippen molar-refractivity contribution in [1.29, 1.82) is 0 Å². The lowest BCUT2D eigenvalue weighted by Gasteiger charge is -2.01. The Morgan fingerprint density at radius 3 is 2.44 bits per heavy atom. The summed E-state index contributed by atoms with van der Waals surface area (Å²) in [7, 11) is 1.33. The number of rotatable bonds is 4. The Labute approximate surface area is 107 Å². The van der Waals surface area contributed by atoms with Crippen LogP contribution in [0.5, 0.6) is 0 Å². The van der Waals surface area contributed by atoms with Crippen LogP contribution in [-0.2, 0) is 16.0 Å². The average Bonchev–Trinajstić information content (AvgIpc) is 3.24. The number of hydrogen-bond donors (Lipinski definition) is 1. The molecule has 0 spiro atoms. The van der Waals surface area contributed by atoms with Gasteiger partial charge in [-0.2, -0.15) is 0 Å². The maximum Gasteiger partial charge on any atom is 0.335 e. The van der Waals surface area contributed by atoms with Gasteiger partial charge in [0.25, 0.3) is 0 Å². The topological polar surface area (TPSA) is 63.6 Å². The lowest BCUT2D eigenvalue weighted by molar-refractivity contribution is -0.140. The van der Waals surface area contributed by atoms with Crippen molar-refractivity contribution in [3.05, 3.63) is 35.4 Å². The molecule has 1 aliphatic rings. The summed E-state index contributed by atoms with van der Waals surface area (Å²) in [6.45, 7) is 0. The first-order valence-electron chi connectivity index (χ1n) is 6.02. The van der Waals surface area contributed by atoms with Gasteiger partial charge in [-0.3, -0.25) is 4.79 Å². The van der Waals surface area contributed by atoms with Crippen molar-refractivity contribution >= 4 is 11.9 Å². The number of aromatic carboxylic acids is 1. The highest BCUT2D eigenvalue weighted by Crippen LogP contribution is 2.14. The second-order valence-corrected chi connectivity index (χ2v) is 4.14. The zero-order chi connectivity index (χ0) is 13.4. The maximum atomic E-state index is 10.9. The van der Waals surface area contributed by atoms with E-state index in [1.54, 1.807) is 18.2 Å². The third kappa shape index (κ3) is 6.03. The molecule has 0 bridgehead atoms. The molecule has 1 aliphatic carbocycles. The summed E-state index contributed by atoms with van der Waals surface area (Å²) in [6.07, 6.45) is 5.26. The molecule has 0 aromatic heterocycles. The molecule has 0 heterocycles. The number of carbonyl (C=O) groups is 2. The third-order valence-electron chi connectivity index (χ3n) is 2.37. The average molecular weight is 250 g/mol. The third-order valence-corrected chi connectivity index (χ3v) is 2.37. The molecule has 1 N–H and O–H groups in total. The number of aryl methyl sites for hydroxylation is 1. The van der Waals surface area contributed by atoms with Gasteiger partial charge in [0.05, 0.1) is 12.7 Å². The number of carbonyl (C=O) groups excluding carboxylic acids is 1. The van der Waals surface area contributed by atoms with Gasteiger partial charge in [0, 0.05) is 6.42 Å².